The molecule has 1 atom stereocenters. The summed E-state index contributed by atoms with van der Waals surface area (Å²) in [5.74, 6) is -0.169. The van der Waals surface area contributed by atoms with Crippen LogP contribution in [-0.2, 0) is 11.2 Å². The predicted octanol–water partition coefficient (Wildman–Crippen LogP) is 1.96. The molecule has 1 aromatic carbocycles. The third-order valence-electron chi connectivity index (χ3n) is 3.92. The van der Waals surface area contributed by atoms with Crippen LogP contribution in [0.4, 0.5) is 0 Å². The van der Waals surface area contributed by atoms with E-state index in [1.165, 1.54) is 5.56 Å². The highest BCUT2D eigenvalue weighted by molar-refractivity contribution is 5.85. The van der Waals surface area contributed by atoms with E-state index >= 15 is 0 Å². The molecule has 2 N–H and O–H groups in total. The number of rotatable bonds is 5. The van der Waals surface area contributed by atoms with Gasteiger partial charge in [0.05, 0.1) is 0 Å². The minimum absolute atomic E-state index is 0.169. The van der Waals surface area contributed by atoms with Crippen LogP contribution < -0.4 is 5.73 Å². The normalized spacial score (nSPS) is 24.3. The van der Waals surface area contributed by atoms with E-state index in [0.29, 0.717) is 0 Å². The molecular weight excluding hydrogens is 224 g/mol. The third kappa shape index (κ3) is 2.41. The number of benzene rings is 1. The molecular formula is C15H22N2O. The largest absolute Gasteiger partial charge is 0.368 e. The first-order valence-corrected chi connectivity index (χ1v) is 6.78. The summed E-state index contributed by atoms with van der Waals surface area (Å²) in [5.41, 5.74) is 6.45. The Morgan fingerprint density at radius 3 is 2.72 bits per heavy atom. The molecule has 0 saturated carbocycles. The lowest BCUT2D eigenvalue weighted by Gasteiger charge is -2.35. The summed E-state index contributed by atoms with van der Waals surface area (Å²) in [6, 6.07) is 10.2. The number of carbonyl (C=O) groups excluding carboxylic acids is 1. The molecule has 1 aliphatic rings. The van der Waals surface area contributed by atoms with E-state index < -0.39 is 5.54 Å². The average Bonchev–Trinajstić information content (AvgIpc) is 2.75. The minimum Gasteiger partial charge on any atom is -0.368 e. The zero-order valence-electron chi connectivity index (χ0n) is 11.1. The van der Waals surface area contributed by atoms with Crippen LogP contribution in [0.3, 0.4) is 0 Å². The van der Waals surface area contributed by atoms with Crippen molar-refractivity contribution in [1.29, 1.82) is 0 Å². The van der Waals surface area contributed by atoms with Crippen molar-refractivity contribution >= 4 is 5.91 Å². The summed E-state index contributed by atoms with van der Waals surface area (Å²) in [6.07, 6.45) is 3.75. The highest BCUT2D eigenvalue weighted by Crippen LogP contribution is 2.32. The Balaban J connectivity index is 2.24. The molecule has 0 radical (unpaired) electrons. The molecule has 1 aromatic rings. The number of carbonyl (C=O) groups is 1. The van der Waals surface area contributed by atoms with E-state index in [2.05, 4.69) is 24.0 Å². The van der Waals surface area contributed by atoms with E-state index in [9.17, 15) is 4.79 Å². The van der Waals surface area contributed by atoms with Gasteiger partial charge >= 0.3 is 0 Å². The maximum Gasteiger partial charge on any atom is 0.238 e. The molecule has 1 aliphatic heterocycles. The van der Waals surface area contributed by atoms with Gasteiger partial charge in [0.15, 0.2) is 0 Å². The Bertz CT molecular complexity index is 404. The van der Waals surface area contributed by atoms with Gasteiger partial charge in [-0.1, -0.05) is 37.3 Å². The molecule has 18 heavy (non-hydrogen) atoms. The fourth-order valence-electron chi connectivity index (χ4n) is 3.03. The van der Waals surface area contributed by atoms with Gasteiger partial charge in [0.1, 0.15) is 5.54 Å². The van der Waals surface area contributed by atoms with E-state index in [1.807, 2.05) is 18.2 Å². The van der Waals surface area contributed by atoms with Crippen molar-refractivity contribution in [2.45, 2.75) is 38.1 Å². The monoisotopic (exact) mass is 246 g/mol. The van der Waals surface area contributed by atoms with Crippen molar-refractivity contribution < 1.29 is 4.79 Å². The van der Waals surface area contributed by atoms with E-state index in [-0.39, 0.29) is 5.91 Å². The fraction of sp³-hybridized carbons (Fsp3) is 0.533. The Labute approximate surface area is 109 Å². The first kappa shape index (κ1) is 13.1. The van der Waals surface area contributed by atoms with Gasteiger partial charge in [-0.15, -0.1) is 0 Å². The van der Waals surface area contributed by atoms with Crippen molar-refractivity contribution in [1.82, 2.24) is 4.90 Å². The summed E-state index contributed by atoms with van der Waals surface area (Å²) < 4.78 is 0. The molecule has 0 aliphatic carbocycles. The van der Waals surface area contributed by atoms with Gasteiger partial charge in [-0.25, -0.2) is 0 Å². The first-order valence-electron chi connectivity index (χ1n) is 6.78. The maximum atomic E-state index is 12.0. The average molecular weight is 246 g/mol. The summed E-state index contributed by atoms with van der Waals surface area (Å²) in [4.78, 5) is 14.3. The molecule has 3 nitrogen and oxygen atoms in total. The van der Waals surface area contributed by atoms with Crippen molar-refractivity contribution in [2.24, 2.45) is 5.73 Å². The van der Waals surface area contributed by atoms with Gasteiger partial charge in [0.2, 0.25) is 5.91 Å². The zero-order chi connectivity index (χ0) is 13.0. The van der Waals surface area contributed by atoms with Crippen molar-refractivity contribution in [3.8, 4) is 0 Å². The molecule has 2 rings (SSSR count). The van der Waals surface area contributed by atoms with Gasteiger partial charge in [-0.3, -0.25) is 9.69 Å². The first-order chi connectivity index (χ1) is 8.69. The van der Waals surface area contributed by atoms with E-state index in [0.717, 1.165) is 38.8 Å². The van der Waals surface area contributed by atoms with Crippen molar-refractivity contribution in [2.75, 3.05) is 13.1 Å². The highest BCUT2D eigenvalue weighted by Gasteiger charge is 2.45. The van der Waals surface area contributed by atoms with E-state index in [4.69, 9.17) is 5.73 Å². The third-order valence-corrected chi connectivity index (χ3v) is 3.92. The van der Waals surface area contributed by atoms with E-state index in [1.54, 1.807) is 0 Å². The predicted molar refractivity (Wildman–Crippen MR) is 73.2 cm³/mol. The minimum atomic E-state index is -0.461. The molecule has 0 spiro atoms. The molecule has 3 heteroatoms. The molecule has 0 aromatic heterocycles. The van der Waals surface area contributed by atoms with Crippen LogP contribution in [0.1, 0.15) is 31.7 Å². The lowest BCUT2D eigenvalue weighted by Crippen LogP contribution is -2.55. The highest BCUT2D eigenvalue weighted by atomic mass is 16.1. The summed E-state index contributed by atoms with van der Waals surface area (Å²) in [6.45, 7) is 4.09. The maximum absolute atomic E-state index is 12.0. The lowest BCUT2D eigenvalue weighted by molar-refractivity contribution is -0.128. The number of primary amides is 1. The molecule has 0 bridgehead atoms. The number of nitrogens with zero attached hydrogens (tertiary/aromatic N) is 1. The van der Waals surface area contributed by atoms with Crippen LogP contribution in [0.5, 0.6) is 0 Å². The molecule has 1 fully saturated rings. The second-order valence-corrected chi connectivity index (χ2v) is 5.15. The molecule has 98 valence electrons. The lowest BCUT2D eigenvalue weighted by atomic mass is 9.87. The number of likely N-dealkylation sites (tertiary alicyclic amines) is 1. The van der Waals surface area contributed by atoms with Gasteiger partial charge in [0.25, 0.3) is 0 Å². The SMILES string of the molecule is CCCN1CCC[C@]1(Cc1ccccc1)C(N)=O. The van der Waals surface area contributed by atoms with Gasteiger partial charge in [-0.05, 0) is 44.3 Å². The Kier molecular flexibility index (Phi) is 4.02. The standard InChI is InChI=1S/C15H22N2O/c1-2-10-17-11-6-9-15(17,14(16)18)12-13-7-4-3-5-8-13/h3-5,7-8H,2,6,9-12H2,1H3,(H2,16,18)/t15-/m0/s1. The van der Waals surface area contributed by atoms with Crippen LogP contribution >= 0.6 is 0 Å². The topological polar surface area (TPSA) is 46.3 Å². The summed E-state index contributed by atoms with van der Waals surface area (Å²) >= 11 is 0. The summed E-state index contributed by atoms with van der Waals surface area (Å²) in [5, 5.41) is 0. The van der Waals surface area contributed by atoms with Crippen LogP contribution in [0.25, 0.3) is 0 Å². The smallest absolute Gasteiger partial charge is 0.238 e. The second kappa shape index (κ2) is 5.53. The second-order valence-electron chi connectivity index (χ2n) is 5.15. The quantitative estimate of drug-likeness (QED) is 0.863. The van der Waals surface area contributed by atoms with Gasteiger partial charge in [-0.2, -0.15) is 0 Å². The summed E-state index contributed by atoms with van der Waals surface area (Å²) in [7, 11) is 0. The fourth-order valence-corrected chi connectivity index (χ4v) is 3.03. The van der Waals surface area contributed by atoms with Crippen LogP contribution in [0.15, 0.2) is 30.3 Å². The van der Waals surface area contributed by atoms with Crippen molar-refractivity contribution in [3.63, 3.8) is 0 Å². The number of nitrogens with two attached hydrogens (primary N) is 1. The Morgan fingerprint density at radius 2 is 2.11 bits per heavy atom. The number of hydrogen-bond donors (Lipinski definition) is 1. The van der Waals surface area contributed by atoms with Crippen LogP contribution in [-0.4, -0.2) is 29.4 Å². The van der Waals surface area contributed by atoms with Crippen LogP contribution in [0, 0.1) is 0 Å². The van der Waals surface area contributed by atoms with Crippen molar-refractivity contribution in [3.05, 3.63) is 35.9 Å². The molecule has 1 heterocycles. The molecule has 1 amide bonds. The van der Waals surface area contributed by atoms with Gasteiger partial charge < -0.3 is 5.73 Å². The number of amides is 1. The zero-order valence-corrected chi connectivity index (χ0v) is 11.1. The number of hydrogen-bond acceptors (Lipinski definition) is 2. The molecule has 1 saturated heterocycles. The Morgan fingerprint density at radius 1 is 1.39 bits per heavy atom. The van der Waals surface area contributed by atoms with Crippen LogP contribution in [0.2, 0.25) is 0 Å². The Hall–Kier alpha value is -1.35. The van der Waals surface area contributed by atoms with Gasteiger partial charge in [0, 0.05) is 0 Å². The molecule has 0 unspecified atom stereocenters.